The first-order chi connectivity index (χ1) is 12.8. The largest absolute Gasteiger partial charge is 0.343 e. The highest BCUT2D eigenvalue weighted by Crippen LogP contribution is 2.15. The van der Waals surface area contributed by atoms with E-state index >= 15 is 0 Å². The average Bonchev–Trinajstić information content (AvgIpc) is 3.37. The molecular formula is C18H22ClN7O. The van der Waals surface area contributed by atoms with Crippen LogP contribution < -0.4 is 10.6 Å². The fourth-order valence-electron chi connectivity index (χ4n) is 3.16. The maximum Gasteiger partial charge on any atom is 0.272 e. The van der Waals surface area contributed by atoms with Crippen LogP contribution in [0.25, 0.3) is 5.69 Å². The van der Waals surface area contributed by atoms with Crippen molar-refractivity contribution in [2.45, 2.75) is 25.4 Å². The highest BCUT2D eigenvalue weighted by Gasteiger charge is 2.18. The van der Waals surface area contributed by atoms with E-state index in [-0.39, 0.29) is 24.9 Å². The van der Waals surface area contributed by atoms with Gasteiger partial charge < -0.3 is 10.6 Å². The van der Waals surface area contributed by atoms with E-state index in [1.54, 1.807) is 12.4 Å². The molecule has 4 rings (SSSR count). The summed E-state index contributed by atoms with van der Waals surface area (Å²) < 4.78 is 3.74. The maximum atomic E-state index is 12.4. The molecule has 2 N–H and O–H groups in total. The molecule has 0 bridgehead atoms. The molecule has 9 heteroatoms. The van der Waals surface area contributed by atoms with E-state index in [1.165, 1.54) is 0 Å². The molecule has 0 spiro atoms. The van der Waals surface area contributed by atoms with Crippen molar-refractivity contribution in [1.82, 2.24) is 35.2 Å². The third-order valence-electron chi connectivity index (χ3n) is 4.55. The SMILES string of the molecule is Cl.O=C(NCc1nncn1-c1ccccc1)c1ccn(C2CCCNC2)n1. The number of para-hydroxylation sites is 1. The number of aromatic nitrogens is 5. The molecule has 27 heavy (non-hydrogen) atoms. The first-order valence-electron chi connectivity index (χ1n) is 8.79. The Morgan fingerprint density at radius 3 is 2.89 bits per heavy atom. The average molecular weight is 388 g/mol. The van der Waals surface area contributed by atoms with Gasteiger partial charge in [0.15, 0.2) is 5.82 Å². The number of amides is 1. The molecule has 8 nitrogen and oxygen atoms in total. The van der Waals surface area contributed by atoms with Crippen LogP contribution >= 0.6 is 12.4 Å². The second-order valence-corrected chi connectivity index (χ2v) is 6.32. The number of rotatable bonds is 5. The van der Waals surface area contributed by atoms with Crippen molar-refractivity contribution in [2.24, 2.45) is 0 Å². The highest BCUT2D eigenvalue weighted by molar-refractivity contribution is 5.92. The van der Waals surface area contributed by atoms with Crippen LogP contribution in [0.1, 0.15) is 35.2 Å². The van der Waals surface area contributed by atoms with Gasteiger partial charge >= 0.3 is 0 Å². The first-order valence-corrected chi connectivity index (χ1v) is 8.79. The number of hydrogen-bond acceptors (Lipinski definition) is 5. The molecule has 1 aromatic carbocycles. The Kier molecular flexibility index (Phi) is 6.20. The Morgan fingerprint density at radius 2 is 2.11 bits per heavy atom. The van der Waals surface area contributed by atoms with Crippen LogP contribution in [0.15, 0.2) is 48.9 Å². The van der Waals surface area contributed by atoms with Crippen LogP contribution in [0.2, 0.25) is 0 Å². The van der Waals surface area contributed by atoms with E-state index in [9.17, 15) is 4.79 Å². The summed E-state index contributed by atoms with van der Waals surface area (Å²) in [6, 6.07) is 11.9. The number of carbonyl (C=O) groups is 1. The van der Waals surface area contributed by atoms with Crippen LogP contribution in [-0.2, 0) is 6.54 Å². The van der Waals surface area contributed by atoms with E-state index < -0.39 is 0 Å². The van der Waals surface area contributed by atoms with Crippen molar-refractivity contribution in [3.8, 4) is 5.69 Å². The van der Waals surface area contributed by atoms with Crippen LogP contribution in [0, 0.1) is 0 Å². The first kappa shape index (κ1) is 19.1. The Morgan fingerprint density at radius 1 is 1.26 bits per heavy atom. The van der Waals surface area contributed by atoms with E-state index in [1.807, 2.05) is 45.8 Å². The summed E-state index contributed by atoms with van der Waals surface area (Å²) in [6.07, 6.45) is 5.72. The van der Waals surface area contributed by atoms with Crippen molar-refractivity contribution in [3.63, 3.8) is 0 Å². The molecule has 1 fully saturated rings. The van der Waals surface area contributed by atoms with Gasteiger partial charge in [-0.25, -0.2) is 0 Å². The zero-order valence-corrected chi connectivity index (χ0v) is 15.6. The van der Waals surface area contributed by atoms with Crippen molar-refractivity contribution in [1.29, 1.82) is 0 Å². The van der Waals surface area contributed by atoms with Crippen LogP contribution in [0.3, 0.4) is 0 Å². The lowest BCUT2D eigenvalue weighted by molar-refractivity contribution is 0.0943. The predicted octanol–water partition coefficient (Wildman–Crippen LogP) is 1.74. The third-order valence-corrected chi connectivity index (χ3v) is 4.55. The molecule has 1 aliphatic rings. The Bertz CT molecular complexity index is 871. The topological polar surface area (TPSA) is 89.7 Å². The van der Waals surface area contributed by atoms with Crippen LogP contribution in [-0.4, -0.2) is 43.5 Å². The summed E-state index contributed by atoms with van der Waals surface area (Å²) in [5.74, 6) is 0.454. The number of nitrogens with one attached hydrogen (secondary N) is 2. The monoisotopic (exact) mass is 387 g/mol. The van der Waals surface area contributed by atoms with Gasteiger partial charge in [0.2, 0.25) is 0 Å². The van der Waals surface area contributed by atoms with Gasteiger partial charge in [-0.2, -0.15) is 5.10 Å². The number of halogens is 1. The fraction of sp³-hybridized carbons (Fsp3) is 0.333. The summed E-state index contributed by atoms with van der Waals surface area (Å²) >= 11 is 0. The van der Waals surface area contributed by atoms with Gasteiger partial charge in [-0.1, -0.05) is 18.2 Å². The molecule has 1 amide bonds. The van der Waals surface area contributed by atoms with Crippen molar-refractivity contribution < 1.29 is 4.79 Å². The molecule has 1 atom stereocenters. The molecule has 0 saturated carbocycles. The van der Waals surface area contributed by atoms with Gasteiger partial charge in [0.05, 0.1) is 12.6 Å². The van der Waals surface area contributed by atoms with Crippen LogP contribution in [0.5, 0.6) is 0 Å². The summed E-state index contributed by atoms with van der Waals surface area (Å²) in [6.45, 7) is 2.22. The zero-order chi connectivity index (χ0) is 17.8. The van der Waals surface area contributed by atoms with Crippen molar-refractivity contribution >= 4 is 18.3 Å². The molecule has 0 radical (unpaired) electrons. The third kappa shape index (κ3) is 4.35. The predicted molar refractivity (Wildman–Crippen MR) is 103 cm³/mol. The lowest BCUT2D eigenvalue weighted by atomic mass is 10.1. The van der Waals surface area contributed by atoms with E-state index in [0.29, 0.717) is 17.6 Å². The van der Waals surface area contributed by atoms with Gasteiger partial charge in [0, 0.05) is 18.4 Å². The van der Waals surface area contributed by atoms with Crippen molar-refractivity contribution in [2.75, 3.05) is 13.1 Å². The summed E-state index contributed by atoms with van der Waals surface area (Å²) in [7, 11) is 0. The smallest absolute Gasteiger partial charge is 0.272 e. The van der Waals surface area contributed by atoms with Gasteiger partial charge in [-0.15, -0.1) is 22.6 Å². The second kappa shape index (κ2) is 8.79. The minimum atomic E-state index is -0.213. The molecule has 1 aliphatic heterocycles. The molecule has 1 saturated heterocycles. The number of nitrogens with zero attached hydrogens (tertiary/aromatic N) is 5. The molecule has 3 heterocycles. The lowest BCUT2D eigenvalue weighted by Gasteiger charge is -2.22. The molecule has 0 aliphatic carbocycles. The standard InChI is InChI=1S/C18H21N7O.ClH/c26-18(16-8-10-25(23-16)15-7-4-9-19-11-15)20-12-17-22-21-13-24(17)14-5-2-1-3-6-14;/h1-3,5-6,8,10,13,15,19H,4,7,9,11-12H2,(H,20,26);1H. The number of benzene rings is 1. The zero-order valence-electron chi connectivity index (χ0n) is 14.8. The van der Waals surface area contributed by atoms with Gasteiger partial charge in [0.25, 0.3) is 5.91 Å². The van der Waals surface area contributed by atoms with Crippen LogP contribution in [0.4, 0.5) is 0 Å². The van der Waals surface area contributed by atoms with E-state index in [0.717, 1.165) is 31.6 Å². The normalized spacial score (nSPS) is 16.5. The number of carbonyl (C=O) groups excluding carboxylic acids is 1. The van der Waals surface area contributed by atoms with Gasteiger partial charge in [-0.3, -0.25) is 14.0 Å². The number of piperidine rings is 1. The summed E-state index contributed by atoms with van der Waals surface area (Å²) in [4.78, 5) is 12.4. The molecule has 3 aromatic rings. The Hall–Kier alpha value is -2.71. The molecule has 1 unspecified atom stereocenters. The minimum Gasteiger partial charge on any atom is -0.343 e. The van der Waals surface area contributed by atoms with Crippen molar-refractivity contribution in [3.05, 3.63) is 60.4 Å². The molecule has 142 valence electrons. The summed E-state index contributed by atoms with van der Waals surface area (Å²) in [5.41, 5.74) is 1.37. The number of hydrogen-bond donors (Lipinski definition) is 2. The Balaban J connectivity index is 0.00000210. The summed E-state index contributed by atoms with van der Waals surface area (Å²) in [5, 5.41) is 18.7. The lowest BCUT2D eigenvalue weighted by Crippen LogP contribution is -2.32. The van der Waals surface area contributed by atoms with E-state index in [4.69, 9.17) is 0 Å². The molecule has 2 aromatic heterocycles. The minimum absolute atomic E-state index is 0. The Labute approximate surface area is 163 Å². The maximum absolute atomic E-state index is 12.4. The second-order valence-electron chi connectivity index (χ2n) is 6.32. The fourth-order valence-corrected chi connectivity index (χ4v) is 3.16. The van der Waals surface area contributed by atoms with E-state index in [2.05, 4.69) is 25.9 Å². The molecular weight excluding hydrogens is 366 g/mol. The van der Waals surface area contributed by atoms with Gasteiger partial charge in [0.1, 0.15) is 12.0 Å². The van der Waals surface area contributed by atoms with Gasteiger partial charge in [-0.05, 0) is 37.6 Å². The highest BCUT2D eigenvalue weighted by atomic mass is 35.5. The quantitative estimate of drug-likeness (QED) is 0.696.